The molecule has 1 aromatic heterocycles. The lowest BCUT2D eigenvalue weighted by molar-refractivity contribution is -0.134. The number of carbonyl (C=O) groups is 1. The predicted molar refractivity (Wildman–Crippen MR) is 108 cm³/mol. The third-order valence-electron chi connectivity index (χ3n) is 6.12. The number of imidazole rings is 1. The Morgan fingerprint density at radius 2 is 1.96 bits per heavy atom. The van der Waals surface area contributed by atoms with E-state index >= 15 is 0 Å². The van der Waals surface area contributed by atoms with Gasteiger partial charge in [-0.2, -0.15) is 0 Å². The third-order valence-corrected chi connectivity index (χ3v) is 6.12. The fraction of sp³-hybridized carbons (Fsp3) is 0.619. The average Bonchev–Trinajstić information content (AvgIpc) is 3.07. The lowest BCUT2D eigenvalue weighted by Crippen LogP contribution is -2.52. The first-order valence-electron chi connectivity index (χ1n) is 10.3. The number of fused-ring (bicyclic) bond motifs is 1. The van der Waals surface area contributed by atoms with Crippen LogP contribution in [-0.2, 0) is 11.2 Å². The van der Waals surface area contributed by atoms with Crippen LogP contribution in [0.3, 0.4) is 0 Å². The third kappa shape index (κ3) is 4.17. The van der Waals surface area contributed by atoms with E-state index in [-0.39, 0.29) is 5.91 Å². The number of aromatic amines is 1. The highest BCUT2D eigenvalue weighted by Gasteiger charge is 2.29. The number of benzene rings is 1. The van der Waals surface area contributed by atoms with Crippen LogP contribution in [0.2, 0.25) is 0 Å². The summed E-state index contributed by atoms with van der Waals surface area (Å²) >= 11 is 0. The summed E-state index contributed by atoms with van der Waals surface area (Å²) in [4.78, 5) is 25.1. The van der Waals surface area contributed by atoms with Crippen molar-refractivity contribution in [3.8, 4) is 0 Å². The zero-order valence-corrected chi connectivity index (χ0v) is 16.3. The number of nitrogens with two attached hydrogens (primary N) is 1. The molecule has 1 amide bonds. The number of likely N-dealkylation sites (tertiary alicyclic amines) is 2. The number of hydrogen-bond acceptors (Lipinski definition) is 4. The standard InChI is InChI=1S/C21H31N5O/c1-15-23-19-6-5-16(14-20(19)24-15)13-18(22)21(27)26-11-7-17(8-12-26)25-9-3-2-4-10-25/h5-6,14,17-18H,2-4,7-13,22H2,1H3,(H,23,24). The van der Waals surface area contributed by atoms with E-state index < -0.39 is 6.04 Å². The van der Waals surface area contributed by atoms with Crippen LogP contribution in [-0.4, -0.2) is 63.9 Å². The zero-order valence-electron chi connectivity index (χ0n) is 16.3. The molecule has 1 unspecified atom stereocenters. The molecule has 2 aromatic rings. The molecular weight excluding hydrogens is 338 g/mol. The lowest BCUT2D eigenvalue weighted by Gasteiger charge is -2.40. The van der Waals surface area contributed by atoms with Crippen LogP contribution in [0.4, 0.5) is 0 Å². The Morgan fingerprint density at radius 1 is 1.22 bits per heavy atom. The second kappa shape index (κ2) is 7.98. The Labute approximate surface area is 161 Å². The number of aryl methyl sites for hydroxylation is 1. The van der Waals surface area contributed by atoms with Crippen molar-refractivity contribution in [3.63, 3.8) is 0 Å². The molecule has 2 fully saturated rings. The topological polar surface area (TPSA) is 78.2 Å². The van der Waals surface area contributed by atoms with Gasteiger partial charge in [-0.1, -0.05) is 12.5 Å². The number of nitrogens with zero attached hydrogens (tertiary/aromatic N) is 3. The minimum absolute atomic E-state index is 0.0907. The van der Waals surface area contributed by atoms with E-state index in [0.29, 0.717) is 12.5 Å². The summed E-state index contributed by atoms with van der Waals surface area (Å²) in [5.41, 5.74) is 9.32. The van der Waals surface area contributed by atoms with E-state index in [1.807, 2.05) is 24.0 Å². The quantitative estimate of drug-likeness (QED) is 0.866. The largest absolute Gasteiger partial charge is 0.342 e. The fourth-order valence-corrected chi connectivity index (χ4v) is 4.62. The highest BCUT2D eigenvalue weighted by molar-refractivity contribution is 5.82. The van der Waals surface area contributed by atoms with E-state index in [2.05, 4.69) is 20.9 Å². The summed E-state index contributed by atoms with van der Waals surface area (Å²) in [6.07, 6.45) is 6.75. The van der Waals surface area contributed by atoms with Crippen LogP contribution >= 0.6 is 0 Å². The molecule has 1 aromatic carbocycles. The maximum Gasteiger partial charge on any atom is 0.239 e. The Hall–Kier alpha value is -1.92. The molecule has 146 valence electrons. The van der Waals surface area contributed by atoms with Crippen molar-refractivity contribution in [2.75, 3.05) is 26.2 Å². The zero-order chi connectivity index (χ0) is 18.8. The Kier molecular flexibility index (Phi) is 5.45. The molecule has 1 atom stereocenters. The van der Waals surface area contributed by atoms with Gasteiger partial charge >= 0.3 is 0 Å². The van der Waals surface area contributed by atoms with Gasteiger partial charge in [-0.15, -0.1) is 0 Å². The molecule has 2 aliphatic heterocycles. The van der Waals surface area contributed by atoms with Crippen molar-refractivity contribution in [2.45, 2.75) is 57.5 Å². The number of carbonyl (C=O) groups excluding carboxylic acids is 1. The van der Waals surface area contributed by atoms with Crippen LogP contribution in [0.25, 0.3) is 11.0 Å². The Morgan fingerprint density at radius 3 is 2.70 bits per heavy atom. The molecule has 0 spiro atoms. The normalized spacial score (nSPS) is 20.9. The van der Waals surface area contributed by atoms with E-state index in [0.717, 1.165) is 48.4 Å². The molecule has 3 heterocycles. The lowest BCUT2D eigenvalue weighted by atomic mass is 9.98. The fourth-order valence-electron chi connectivity index (χ4n) is 4.62. The number of aromatic nitrogens is 2. The van der Waals surface area contributed by atoms with Gasteiger partial charge in [0.05, 0.1) is 17.1 Å². The van der Waals surface area contributed by atoms with Crippen LogP contribution in [0.15, 0.2) is 18.2 Å². The predicted octanol–water partition coefficient (Wildman–Crippen LogP) is 2.22. The summed E-state index contributed by atoms with van der Waals surface area (Å²) in [5.74, 6) is 0.993. The molecule has 6 heteroatoms. The van der Waals surface area contributed by atoms with Gasteiger partial charge in [0.1, 0.15) is 5.82 Å². The van der Waals surface area contributed by atoms with Crippen molar-refractivity contribution in [1.82, 2.24) is 19.8 Å². The average molecular weight is 370 g/mol. The van der Waals surface area contributed by atoms with Crippen molar-refractivity contribution < 1.29 is 4.79 Å². The first-order valence-corrected chi connectivity index (χ1v) is 10.3. The molecular formula is C21H31N5O. The molecule has 2 aliphatic rings. The molecule has 27 heavy (non-hydrogen) atoms. The maximum atomic E-state index is 12.8. The minimum atomic E-state index is -0.474. The van der Waals surface area contributed by atoms with E-state index in [1.165, 1.54) is 32.4 Å². The van der Waals surface area contributed by atoms with Gasteiger partial charge in [-0.05, 0) is 69.8 Å². The molecule has 4 rings (SSSR count). The van der Waals surface area contributed by atoms with Gasteiger partial charge in [0.25, 0.3) is 0 Å². The van der Waals surface area contributed by atoms with Gasteiger partial charge in [0.15, 0.2) is 0 Å². The van der Waals surface area contributed by atoms with Crippen molar-refractivity contribution in [2.24, 2.45) is 5.73 Å². The van der Waals surface area contributed by atoms with Crippen molar-refractivity contribution in [1.29, 1.82) is 0 Å². The number of rotatable bonds is 4. The van der Waals surface area contributed by atoms with Gasteiger partial charge in [0.2, 0.25) is 5.91 Å². The van der Waals surface area contributed by atoms with Gasteiger partial charge in [-0.25, -0.2) is 4.98 Å². The van der Waals surface area contributed by atoms with Crippen LogP contribution in [0.1, 0.15) is 43.5 Å². The summed E-state index contributed by atoms with van der Waals surface area (Å²) < 4.78 is 0. The number of nitrogens with one attached hydrogen (secondary N) is 1. The molecule has 2 saturated heterocycles. The SMILES string of the molecule is Cc1nc2ccc(CC(N)C(=O)N3CCC(N4CCCCC4)CC3)cc2[nH]1. The number of hydrogen-bond donors (Lipinski definition) is 2. The van der Waals surface area contributed by atoms with Gasteiger partial charge < -0.3 is 20.5 Å². The smallest absolute Gasteiger partial charge is 0.239 e. The van der Waals surface area contributed by atoms with Gasteiger partial charge in [-0.3, -0.25) is 4.79 Å². The second-order valence-electron chi connectivity index (χ2n) is 8.14. The van der Waals surface area contributed by atoms with Crippen molar-refractivity contribution >= 4 is 16.9 Å². The van der Waals surface area contributed by atoms with Crippen LogP contribution in [0.5, 0.6) is 0 Å². The summed E-state index contributed by atoms with van der Waals surface area (Å²) in [7, 11) is 0. The highest BCUT2D eigenvalue weighted by atomic mass is 16.2. The first kappa shape index (κ1) is 18.4. The number of H-pyrrole nitrogens is 1. The van der Waals surface area contributed by atoms with Crippen molar-refractivity contribution in [3.05, 3.63) is 29.6 Å². The number of piperidine rings is 2. The molecule has 0 saturated carbocycles. The van der Waals surface area contributed by atoms with E-state index in [9.17, 15) is 4.79 Å². The van der Waals surface area contributed by atoms with Gasteiger partial charge in [0, 0.05) is 19.1 Å². The monoisotopic (exact) mass is 369 g/mol. The summed E-state index contributed by atoms with van der Waals surface area (Å²) in [5, 5.41) is 0. The molecule has 3 N–H and O–H groups in total. The van der Waals surface area contributed by atoms with Crippen LogP contribution < -0.4 is 5.73 Å². The first-order chi connectivity index (χ1) is 13.1. The minimum Gasteiger partial charge on any atom is -0.342 e. The molecule has 6 nitrogen and oxygen atoms in total. The Balaban J connectivity index is 1.32. The summed E-state index contributed by atoms with van der Waals surface area (Å²) in [6.45, 7) is 6.09. The second-order valence-corrected chi connectivity index (χ2v) is 8.14. The summed E-state index contributed by atoms with van der Waals surface area (Å²) in [6, 6.07) is 6.26. The highest BCUT2D eigenvalue weighted by Crippen LogP contribution is 2.21. The maximum absolute atomic E-state index is 12.8. The molecule has 0 radical (unpaired) electrons. The van der Waals surface area contributed by atoms with E-state index in [1.54, 1.807) is 0 Å². The number of amides is 1. The van der Waals surface area contributed by atoms with E-state index in [4.69, 9.17) is 5.73 Å². The molecule has 0 bridgehead atoms. The van der Waals surface area contributed by atoms with Crippen LogP contribution in [0, 0.1) is 6.92 Å². The Bertz CT molecular complexity index is 787. The molecule has 0 aliphatic carbocycles.